The molecule has 1 saturated heterocycles. The number of aliphatic carboxylic acids is 2. The van der Waals surface area contributed by atoms with Gasteiger partial charge in [0.25, 0.3) is 0 Å². The zero-order chi connectivity index (χ0) is 42.2. The van der Waals surface area contributed by atoms with Gasteiger partial charge in [0.1, 0.15) is 42.1 Å². The fraction of sp³-hybridized carbons (Fsp3) is 0.385. The van der Waals surface area contributed by atoms with E-state index in [1.165, 1.54) is 55.6 Å². The van der Waals surface area contributed by atoms with Crippen LogP contribution in [0, 0.1) is 28.4 Å². The zero-order valence-electron chi connectivity index (χ0n) is 31.2. The number of nitrogens with zero attached hydrogens (tertiary/aromatic N) is 1. The number of amides is 2. The first-order valence-electron chi connectivity index (χ1n) is 17.4. The van der Waals surface area contributed by atoms with Crippen molar-refractivity contribution in [2.45, 2.75) is 69.5 Å². The minimum absolute atomic E-state index is 0.000446. The molecule has 5 atom stereocenters. The molecular weight excluding hydrogens is 793 g/mol. The van der Waals surface area contributed by atoms with Gasteiger partial charge in [-0.2, -0.15) is 5.26 Å². The van der Waals surface area contributed by atoms with E-state index in [4.69, 9.17) is 42.5 Å². The Labute approximate surface area is 336 Å². The van der Waals surface area contributed by atoms with Crippen LogP contribution in [-0.2, 0) is 29.3 Å². The van der Waals surface area contributed by atoms with Crippen molar-refractivity contribution in [2.24, 2.45) is 5.41 Å². The number of hydrogen-bond donors (Lipinski definition) is 5. The van der Waals surface area contributed by atoms with Crippen LogP contribution in [0.5, 0.6) is 5.75 Å². The molecule has 57 heavy (non-hydrogen) atoms. The van der Waals surface area contributed by atoms with Crippen LogP contribution in [0.4, 0.5) is 19.3 Å². The lowest BCUT2D eigenvalue weighted by molar-refractivity contribution is -0.140. The van der Waals surface area contributed by atoms with E-state index in [1.54, 1.807) is 0 Å². The maximum atomic E-state index is 16.0. The summed E-state index contributed by atoms with van der Waals surface area (Å²) >= 11 is 12.3. The molecule has 14 nitrogen and oxygen atoms in total. The summed E-state index contributed by atoms with van der Waals surface area (Å²) in [6, 6.07) is 10.4. The molecule has 3 aromatic carbocycles. The number of ether oxygens (including phenoxy) is 3. The number of hydrogen-bond acceptors (Lipinski definition) is 10. The molecule has 0 radical (unpaired) electrons. The molecule has 1 aliphatic heterocycles. The van der Waals surface area contributed by atoms with E-state index in [2.05, 4.69) is 16.7 Å². The van der Waals surface area contributed by atoms with Crippen molar-refractivity contribution in [2.75, 3.05) is 25.6 Å². The lowest BCUT2D eigenvalue weighted by atomic mass is 9.62. The number of carboxylic acid groups (broad SMARTS) is 2. The van der Waals surface area contributed by atoms with Crippen LogP contribution in [-0.4, -0.2) is 78.6 Å². The number of anilines is 1. The summed E-state index contributed by atoms with van der Waals surface area (Å²) in [7, 11) is 1.27. The summed E-state index contributed by atoms with van der Waals surface area (Å²) in [5, 5.41) is 36.8. The van der Waals surface area contributed by atoms with Crippen molar-refractivity contribution in [3.05, 3.63) is 93.0 Å². The van der Waals surface area contributed by atoms with E-state index in [0.29, 0.717) is 0 Å². The van der Waals surface area contributed by atoms with Gasteiger partial charge >= 0.3 is 24.0 Å². The van der Waals surface area contributed by atoms with Gasteiger partial charge in [0.05, 0.1) is 35.5 Å². The summed E-state index contributed by atoms with van der Waals surface area (Å²) in [5.41, 5.74) is -2.50. The van der Waals surface area contributed by atoms with Gasteiger partial charge < -0.3 is 40.4 Å². The van der Waals surface area contributed by atoms with Crippen LogP contribution in [0.3, 0.4) is 0 Å². The molecule has 1 fully saturated rings. The molecule has 1 aliphatic rings. The second kappa shape index (κ2) is 18.6. The second-order valence-corrected chi connectivity index (χ2v) is 15.2. The average molecular weight is 834 g/mol. The average Bonchev–Trinajstić information content (AvgIpc) is 3.45. The van der Waals surface area contributed by atoms with E-state index in [1.807, 2.05) is 26.1 Å². The number of nitriles is 1. The summed E-state index contributed by atoms with van der Waals surface area (Å²) < 4.78 is 47.4. The Balaban J connectivity index is 1.58. The van der Waals surface area contributed by atoms with E-state index in [-0.39, 0.29) is 51.0 Å². The van der Waals surface area contributed by atoms with Gasteiger partial charge in [-0.1, -0.05) is 62.2 Å². The minimum Gasteiger partial charge on any atom is -0.495 e. The molecule has 0 aromatic heterocycles. The third kappa shape index (κ3) is 10.5. The summed E-state index contributed by atoms with van der Waals surface area (Å²) in [6.07, 6.45) is -1.81. The molecule has 0 saturated carbocycles. The third-order valence-electron chi connectivity index (χ3n) is 9.21. The number of halogens is 4. The fourth-order valence-electron chi connectivity index (χ4n) is 6.75. The van der Waals surface area contributed by atoms with E-state index < -0.39 is 96.1 Å². The Bertz CT molecular complexity index is 2070. The smallest absolute Gasteiger partial charge is 0.407 e. The highest BCUT2D eigenvalue weighted by molar-refractivity contribution is 6.31. The first kappa shape index (κ1) is 44.2. The van der Waals surface area contributed by atoms with Crippen molar-refractivity contribution in [1.82, 2.24) is 10.6 Å². The predicted molar refractivity (Wildman–Crippen MR) is 202 cm³/mol. The molecule has 0 aliphatic carbocycles. The van der Waals surface area contributed by atoms with Gasteiger partial charge in [0, 0.05) is 29.0 Å². The van der Waals surface area contributed by atoms with Gasteiger partial charge in [-0.05, 0) is 60.2 Å². The van der Waals surface area contributed by atoms with Gasteiger partial charge in [-0.15, -0.1) is 0 Å². The molecule has 0 bridgehead atoms. The van der Waals surface area contributed by atoms with Crippen LogP contribution in [0.1, 0.15) is 67.4 Å². The highest BCUT2D eigenvalue weighted by atomic mass is 35.5. The number of nitrogens with one attached hydrogen (secondary N) is 3. The van der Waals surface area contributed by atoms with Crippen LogP contribution in [0.25, 0.3) is 0 Å². The maximum Gasteiger partial charge on any atom is 0.407 e. The Hall–Kier alpha value is -5.50. The summed E-state index contributed by atoms with van der Waals surface area (Å²) in [4.78, 5) is 61.2. The minimum atomic E-state index is -1.87. The molecule has 18 heteroatoms. The summed E-state index contributed by atoms with van der Waals surface area (Å²) in [6.45, 7) is 4.80. The number of carbonyl (C=O) groups is 5. The van der Waals surface area contributed by atoms with Crippen molar-refractivity contribution in [1.29, 1.82) is 5.26 Å². The number of methoxy groups -OCH3 is 1. The van der Waals surface area contributed by atoms with Crippen molar-refractivity contribution < 1.29 is 57.2 Å². The second-order valence-electron chi connectivity index (χ2n) is 14.3. The van der Waals surface area contributed by atoms with Crippen molar-refractivity contribution in [3.8, 4) is 11.8 Å². The standard InChI is InChI=1S/C39H40Cl2F2N4O10/c1-38(2,3)18-29-39(19-44,23-10-9-21(40)17-25(23)42)31(22-6-5-7-24(41)32(22)43)33(47-29)34(50)45-26-11-8-20(16-28(26)55-4)36(53)56-14-15-57-37(54)46-27(35(51)52)12-13-30(48)49/h5-11,16-17,27,29,31,33,47H,12-15,18H2,1-4H3,(H,45,50)(H,46,54)(H,48,49)(H,51,52)/t27?,29-,31-,33+,39-/m0/s1. The molecular formula is C39H40Cl2F2N4O10. The highest BCUT2D eigenvalue weighted by Crippen LogP contribution is 2.53. The first-order valence-corrected chi connectivity index (χ1v) is 18.2. The molecule has 1 heterocycles. The van der Waals surface area contributed by atoms with Crippen molar-refractivity contribution in [3.63, 3.8) is 0 Å². The maximum absolute atomic E-state index is 16.0. The van der Waals surface area contributed by atoms with Crippen LogP contribution >= 0.6 is 23.2 Å². The van der Waals surface area contributed by atoms with E-state index >= 15 is 8.78 Å². The highest BCUT2D eigenvalue weighted by Gasteiger charge is 2.61. The van der Waals surface area contributed by atoms with Crippen LogP contribution < -0.4 is 20.7 Å². The first-order chi connectivity index (χ1) is 26.8. The number of benzene rings is 3. The van der Waals surface area contributed by atoms with Crippen molar-refractivity contribution >= 4 is 58.8 Å². The molecule has 3 aromatic rings. The molecule has 0 spiro atoms. The molecule has 1 unspecified atom stereocenters. The molecule has 304 valence electrons. The predicted octanol–water partition coefficient (Wildman–Crippen LogP) is 6.44. The van der Waals surface area contributed by atoms with Gasteiger partial charge in [-0.3, -0.25) is 9.59 Å². The monoisotopic (exact) mass is 832 g/mol. The Morgan fingerprint density at radius 2 is 1.72 bits per heavy atom. The lowest BCUT2D eigenvalue weighted by Gasteiger charge is -2.37. The SMILES string of the molecule is COc1cc(C(=O)OCCOC(=O)NC(CCC(=O)O)C(=O)O)ccc1NC(=O)[C@@H]1N[C@@H](CC(C)(C)C)[C@](C#N)(c2ccc(Cl)cc2F)[C@H]1c1cccc(Cl)c1F. The van der Waals surface area contributed by atoms with Crippen LogP contribution in [0.2, 0.25) is 10.0 Å². The van der Waals surface area contributed by atoms with E-state index in [9.17, 15) is 34.3 Å². The summed E-state index contributed by atoms with van der Waals surface area (Å²) in [5.74, 6) is -7.40. The fourth-order valence-corrected chi connectivity index (χ4v) is 7.09. The quantitative estimate of drug-likeness (QED) is 0.0827. The van der Waals surface area contributed by atoms with Gasteiger partial charge in [0.15, 0.2) is 0 Å². The van der Waals surface area contributed by atoms with E-state index in [0.717, 1.165) is 6.07 Å². The molecule has 5 N–H and O–H groups in total. The third-order valence-corrected chi connectivity index (χ3v) is 9.74. The van der Waals surface area contributed by atoms with Crippen LogP contribution in [0.15, 0.2) is 54.6 Å². The molecule has 4 rings (SSSR count). The number of carbonyl (C=O) groups excluding carboxylic acids is 3. The van der Waals surface area contributed by atoms with Gasteiger partial charge in [-0.25, -0.2) is 23.2 Å². The Morgan fingerprint density at radius 3 is 2.33 bits per heavy atom. The Morgan fingerprint density at radius 1 is 1.02 bits per heavy atom. The molecule has 2 amide bonds. The number of rotatable bonds is 15. The number of esters is 1. The Kier molecular flexibility index (Phi) is 14.5. The zero-order valence-corrected chi connectivity index (χ0v) is 32.7. The lowest BCUT2D eigenvalue weighted by Crippen LogP contribution is -2.45. The largest absolute Gasteiger partial charge is 0.495 e. The number of carboxylic acids is 2. The number of alkyl carbamates (subject to hydrolysis) is 1. The normalized spacial score (nSPS) is 19.5. The van der Waals surface area contributed by atoms with Gasteiger partial charge in [0.2, 0.25) is 5.91 Å². The topological polar surface area (TPSA) is 213 Å².